The van der Waals surface area contributed by atoms with Crippen molar-refractivity contribution in [2.24, 2.45) is 0 Å². The van der Waals surface area contributed by atoms with E-state index in [4.69, 9.17) is 16.7 Å². The molecule has 1 aromatic rings. The van der Waals surface area contributed by atoms with Crippen molar-refractivity contribution >= 4 is 39.9 Å². The Labute approximate surface area is 121 Å². The Bertz CT molecular complexity index is 518. The third kappa shape index (κ3) is 3.60. The van der Waals surface area contributed by atoms with Crippen LogP contribution in [0, 0.1) is 0 Å². The summed E-state index contributed by atoms with van der Waals surface area (Å²) in [6, 6.07) is 0. The maximum atomic E-state index is 12.5. The van der Waals surface area contributed by atoms with Gasteiger partial charge >= 0.3 is 18.1 Å². The molecule has 0 aliphatic heterocycles. The van der Waals surface area contributed by atoms with Crippen molar-refractivity contribution in [1.82, 2.24) is 4.98 Å². The number of aromatic nitrogens is 1. The molecule has 0 spiro atoms. The molecule has 0 fully saturated rings. The standard InChI is InChI=1S/C10H10ClF3N2O3S/c1-2-3-16(8(19)10(12,13)14)9-15-5(4-11)6(20-9)7(17)18/h2-4H2,1H3,(H,17,18). The maximum absolute atomic E-state index is 12.5. The highest BCUT2D eigenvalue weighted by Gasteiger charge is 2.44. The summed E-state index contributed by atoms with van der Waals surface area (Å²) < 4.78 is 37.5. The van der Waals surface area contributed by atoms with E-state index in [1.807, 2.05) is 0 Å². The Kier molecular flexibility index (Phi) is 5.35. The molecule has 1 amide bonds. The lowest BCUT2D eigenvalue weighted by Crippen LogP contribution is -2.41. The number of rotatable bonds is 5. The third-order valence-corrected chi connectivity index (χ3v) is 3.53. The smallest absolute Gasteiger partial charge is 0.471 e. The van der Waals surface area contributed by atoms with Crippen molar-refractivity contribution in [1.29, 1.82) is 0 Å². The van der Waals surface area contributed by atoms with Gasteiger partial charge in [0.1, 0.15) is 4.88 Å². The molecule has 0 aromatic carbocycles. The molecular weight excluding hydrogens is 321 g/mol. The highest BCUT2D eigenvalue weighted by atomic mass is 35.5. The molecule has 0 saturated carbocycles. The minimum Gasteiger partial charge on any atom is -0.477 e. The Morgan fingerprint density at radius 3 is 2.40 bits per heavy atom. The van der Waals surface area contributed by atoms with Crippen molar-refractivity contribution in [3.05, 3.63) is 10.6 Å². The van der Waals surface area contributed by atoms with Gasteiger partial charge in [-0.2, -0.15) is 13.2 Å². The number of alkyl halides is 4. The van der Waals surface area contributed by atoms with Crippen LogP contribution in [0.4, 0.5) is 18.3 Å². The predicted molar refractivity (Wildman–Crippen MR) is 67.3 cm³/mol. The lowest BCUT2D eigenvalue weighted by molar-refractivity contribution is -0.170. The van der Waals surface area contributed by atoms with Crippen LogP contribution in [0.3, 0.4) is 0 Å². The number of carboxylic acid groups (broad SMARTS) is 1. The predicted octanol–water partition coefficient (Wildman–Crippen LogP) is 2.89. The Morgan fingerprint density at radius 2 is 2.05 bits per heavy atom. The number of hydrogen-bond acceptors (Lipinski definition) is 4. The lowest BCUT2D eigenvalue weighted by atomic mass is 10.4. The zero-order chi connectivity index (χ0) is 15.5. The van der Waals surface area contributed by atoms with Crippen LogP contribution in [0.2, 0.25) is 0 Å². The number of anilines is 1. The molecule has 1 rings (SSSR count). The fourth-order valence-electron chi connectivity index (χ4n) is 1.37. The second-order valence-corrected chi connectivity index (χ2v) is 4.91. The normalized spacial score (nSPS) is 11.4. The number of halogens is 4. The fraction of sp³-hybridized carbons (Fsp3) is 0.500. The van der Waals surface area contributed by atoms with Crippen LogP contribution in [0.15, 0.2) is 0 Å². The number of hydrogen-bond donors (Lipinski definition) is 1. The van der Waals surface area contributed by atoms with Crippen molar-refractivity contribution in [2.45, 2.75) is 25.4 Å². The highest BCUT2D eigenvalue weighted by molar-refractivity contribution is 7.17. The third-order valence-electron chi connectivity index (χ3n) is 2.17. The van der Waals surface area contributed by atoms with Crippen LogP contribution in [0.5, 0.6) is 0 Å². The summed E-state index contributed by atoms with van der Waals surface area (Å²) in [5.41, 5.74) is -0.0600. The van der Waals surface area contributed by atoms with Gasteiger partial charge in [-0.15, -0.1) is 11.6 Å². The van der Waals surface area contributed by atoms with Crippen LogP contribution < -0.4 is 4.90 Å². The summed E-state index contributed by atoms with van der Waals surface area (Å²) in [6.07, 6.45) is -4.79. The van der Waals surface area contributed by atoms with E-state index in [0.717, 1.165) is 0 Å². The molecule has 1 N–H and O–H groups in total. The van der Waals surface area contributed by atoms with Crippen molar-refractivity contribution < 1.29 is 27.9 Å². The first-order chi connectivity index (χ1) is 9.22. The van der Waals surface area contributed by atoms with Crippen molar-refractivity contribution in [3.8, 4) is 0 Å². The van der Waals surface area contributed by atoms with Gasteiger partial charge in [-0.25, -0.2) is 9.78 Å². The van der Waals surface area contributed by atoms with Gasteiger partial charge < -0.3 is 5.11 Å². The molecule has 5 nitrogen and oxygen atoms in total. The summed E-state index contributed by atoms with van der Waals surface area (Å²) in [6.45, 7) is 1.37. The average molecular weight is 331 g/mol. The number of amides is 1. The molecule has 112 valence electrons. The van der Waals surface area contributed by atoms with Crippen LogP contribution >= 0.6 is 22.9 Å². The van der Waals surface area contributed by atoms with Crippen molar-refractivity contribution in [3.63, 3.8) is 0 Å². The SMILES string of the molecule is CCCN(C(=O)C(F)(F)F)c1nc(CCl)c(C(=O)O)s1. The first kappa shape index (κ1) is 16.7. The van der Waals surface area contributed by atoms with Crippen molar-refractivity contribution in [2.75, 3.05) is 11.4 Å². The van der Waals surface area contributed by atoms with E-state index in [1.165, 1.54) is 0 Å². The van der Waals surface area contributed by atoms with Gasteiger partial charge in [-0.05, 0) is 6.42 Å². The molecule has 10 heteroatoms. The maximum Gasteiger partial charge on any atom is 0.471 e. The van der Waals surface area contributed by atoms with Gasteiger partial charge in [0.2, 0.25) is 0 Å². The minimum absolute atomic E-state index is 0.0600. The zero-order valence-electron chi connectivity index (χ0n) is 10.2. The monoisotopic (exact) mass is 330 g/mol. The molecule has 0 atom stereocenters. The van der Waals surface area contributed by atoms with E-state index in [9.17, 15) is 22.8 Å². The van der Waals surface area contributed by atoms with Gasteiger partial charge in [0.25, 0.3) is 0 Å². The minimum atomic E-state index is -5.05. The second kappa shape index (κ2) is 6.40. The van der Waals surface area contributed by atoms with E-state index in [0.29, 0.717) is 16.2 Å². The van der Waals surface area contributed by atoms with E-state index in [1.54, 1.807) is 6.92 Å². The summed E-state index contributed by atoms with van der Waals surface area (Å²) in [7, 11) is 0. The first-order valence-corrected chi connectivity index (χ1v) is 6.75. The molecule has 0 saturated heterocycles. The zero-order valence-corrected chi connectivity index (χ0v) is 11.8. The van der Waals surface area contributed by atoms with E-state index >= 15 is 0 Å². The van der Waals surface area contributed by atoms with Crippen LogP contribution in [0.25, 0.3) is 0 Å². The summed E-state index contributed by atoms with van der Waals surface area (Å²) in [4.78, 5) is 26.1. The number of carbonyl (C=O) groups is 2. The highest BCUT2D eigenvalue weighted by Crippen LogP contribution is 2.30. The number of nitrogens with zero attached hydrogens (tertiary/aromatic N) is 2. The first-order valence-electron chi connectivity index (χ1n) is 5.40. The Hall–Kier alpha value is -1.35. The fourth-order valence-corrected chi connectivity index (χ4v) is 2.59. The van der Waals surface area contributed by atoms with E-state index in [2.05, 4.69) is 4.98 Å². The van der Waals surface area contributed by atoms with Crippen LogP contribution in [-0.2, 0) is 10.7 Å². The average Bonchev–Trinajstić information content (AvgIpc) is 2.78. The number of thiazole rings is 1. The molecule has 20 heavy (non-hydrogen) atoms. The summed E-state index contributed by atoms with van der Waals surface area (Å²) >= 11 is 5.99. The molecule has 0 unspecified atom stereocenters. The van der Waals surface area contributed by atoms with Gasteiger partial charge in [-0.1, -0.05) is 18.3 Å². The molecule has 0 aliphatic rings. The molecule has 0 bridgehead atoms. The Balaban J connectivity index is 3.22. The molecule has 0 aliphatic carbocycles. The molecular formula is C10H10ClF3N2O3S. The van der Waals surface area contributed by atoms with Crippen LogP contribution in [-0.4, -0.2) is 34.7 Å². The molecule has 1 heterocycles. The van der Waals surface area contributed by atoms with E-state index in [-0.39, 0.29) is 34.5 Å². The summed E-state index contributed by atoms with van der Waals surface area (Å²) in [5, 5.41) is 8.59. The summed E-state index contributed by atoms with van der Waals surface area (Å²) in [5.74, 6) is -3.69. The van der Waals surface area contributed by atoms with Gasteiger partial charge in [0, 0.05) is 6.54 Å². The van der Waals surface area contributed by atoms with Crippen LogP contribution in [0.1, 0.15) is 28.7 Å². The van der Waals surface area contributed by atoms with Gasteiger partial charge in [0.05, 0.1) is 11.6 Å². The molecule has 0 radical (unpaired) electrons. The number of carboxylic acids is 1. The van der Waals surface area contributed by atoms with Gasteiger partial charge in [-0.3, -0.25) is 9.69 Å². The lowest BCUT2D eigenvalue weighted by Gasteiger charge is -2.20. The second-order valence-electron chi connectivity index (χ2n) is 3.67. The number of carbonyl (C=O) groups excluding carboxylic acids is 1. The van der Waals surface area contributed by atoms with Gasteiger partial charge in [0.15, 0.2) is 5.13 Å². The number of aromatic carboxylic acids is 1. The Morgan fingerprint density at radius 1 is 1.45 bits per heavy atom. The topological polar surface area (TPSA) is 70.5 Å². The largest absolute Gasteiger partial charge is 0.477 e. The van der Waals surface area contributed by atoms with E-state index < -0.39 is 18.1 Å². The molecule has 1 aromatic heterocycles. The quantitative estimate of drug-likeness (QED) is 0.843.